The van der Waals surface area contributed by atoms with Crippen molar-refractivity contribution in [2.75, 3.05) is 19.6 Å². The molecule has 24 heavy (non-hydrogen) atoms. The fraction of sp³-hybridized carbons (Fsp3) is 0.750. The van der Waals surface area contributed by atoms with E-state index < -0.39 is 0 Å². The van der Waals surface area contributed by atoms with Gasteiger partial charge in [0.15, 0.2) is 0 Å². The molecule has 1 aromatic rings. The number of nitrogens with two attached hydrogens (primary N) is 1. The molecule has 0 bridgehead atoms. The summed E-state index contributed by atoms with van der Waals surface area (Å²) in [4.78, 5) is 19.3. The molecular formula is C16H28Cl2N4OS. The first kappa shape index (κ1) is 21.6. The van der Waals surface area contributed by atoms with E-state index in [0.29, 0.717) is 12.5 Å². The van der Waals surface area contributed by atoms with Crippen LogP contribution in [0.1, 0.15) is 36.4 Å². The predicted octanol–water partition coefficient (Wildman–Crippen LogP) is 2.36. The van der Waals surface area contributed by atoms with Gasteiger partial charge in [0.05, 0.1) is 10.7 Å². The molecule has 2 fully saturated rings. The molecule has 1 saturated heterocycles. The summed E-state index contributed by atoms with van der Waals surface area (Å²) in [5.41, 5.74) is 6.93. The van der Waals surface area contributed by atoms with E-state index in [1.54, 1.807) is 11.3 Å². The minimum absolute atomic E-state index is 0. The van der Waals surface area contributed by atoms with Crippen LogP contribution >= 0.6 is 36.2 Å². The van der Waals surface area contributed by atoms with Crippen LogP contribution in [-0.4, -0.2) is 41.5 Å². The summed E-state index contributed by atoms with van der Waals surface area (Å²) in [6.45, 7) is 5.47. The van der Waals surface area contributed by atoms with Crippen molar-refractivity contribution in [1.29, 1.82) is 0 Å². The Hall–Kier alpha value is -0.400. The minimum atomic E-state index is 0. The maximum absolute atomic E-state index is 12.4. The number of nitrogens with one attached hydrogen (secondary N) is 1. The molecular weight excluding hydrogens is 367 g/mol. The van der Waals surface area contributed by atoms with Gasteiger partial charge in [-0.3, -0.25) is 9.69 Å². The molecule has 1 aliphatic carbocycles. The third-order valence-electron chi connectivity index (χ3n) is 4.78. The van der Waals surface area contributed by atoms with Crippen LogP contribution in [0, 0.1) is 18.8 Å². The zero-order valence-electron chi connectivity index (χ0n) is 14.1. The lowest BCUT2D eigenvalue weighted by Gasteiger charge is -2.31. The Labute approximate surface area is 160 Å². The molecule has 1 saturated carbocycles. The van der Waals surface area contributed by atoms with Crippen LogP contribution in [0.3, 0.4) is 0 Å². The lowest BCUT2D eigenvalue weighted by molar-refractivity contribution is -0.127. The normalized spacial score (nSPS) is 19.9. The Morgan fingerprint density at radius 2 is 2.04 bits per heavy atom. The molecule has 3 rings (SSSR count). The molecule has 8 heteroatoms. The standard InChI is InChI=1S/C16H26N4OS.2ClH/c1-11-18-14(10-22-11)9-20-6-4-13(5-7-20)16(21)19-15(8-17)12-2-3-12;;/h10,12-13,15H,2-9,17H2,1H3,(H,19,21);2*1H. The molecule has 3 N–H and O–H groups in total. The fourth-order valence-electron chi connectivity index (χ4n) is 3.23. The number of carbonyl (C=O) groups excluding carboxylic acids is 1. The smallest absolute Gasteiger partial charge is 0.223 e. The number of thiazole rings is 1. The number of nitrogens with zero attached hydrogens (tertiary/aromatic N) is 2. The van der Waals surface area contributed by atoms with E-state index in [9.17, 15) is 4.79 Å². The topological polar surface area (TPSA) is 71.2 Å². The number of piperidine rings is 1. The van der Waals surface area contributed by atoms with Crippen LogP contribution in [0.5, 0.6) is 0 Å². The van der Waals surface area contributed by atoms with Crippen molar-refractivity contribution >= 4 is 42.1 Å². The van der Waals surface area contributed by atoms with Gasteiger partial charge in [0, 0.05) is 30.4 Å². The van der Waals surface area contributed by atoms with Crippen LogP contribution in [0.25, 0.3) is 0 Å². The summed E-state index contributed by atoms with van der Waals surface area (Å²) in [5.74, 6) is 0.995. The Balaban J connectivity index is 0.00000144. The zero-order valence-corrected chi connectivity index (χ0v) is 16.5. The number of amides is 1. The van der Waals surface area contributed by atoms with E-state index in [4.69, 9.17) is 5.73 Å². The molecule has 138 valence electrons. The van der Waals surface area contributed by atoms with E-state index in [2.05, 4.69) is 20.6 Å². The molecule has 1 aliphatic heterocycles. The summed E-state index contributed by atoms with van der Waals surface area (Å²) in [6, 6.07) is 0.198. The van der Waals surface area contributed by atoms with Crippen LogP contribution in [0.15, 0.2) is 5.38 Å². The average Bonchev–Trinajstić information content (AvgIpc) is 3.28. The highest BCUT2D eigenvalue weighted by Gasteiger charge is 2.33. The lowest BCUT2D eigenvalue weighted by atomic mass is 9.95. The van der Waals surface area contributed by atoms with Gasteiger partial charge in [0.25, 0.3) is 0 Å². The first-order valence-corrected chi connectivity index (χ1v) is 9.17. The zero-order chi connectivity index (χ0) is 15.5. The molecule has 1 amide bonds. The first-order valence-electron chi connectivity index (χ1n) is 8.29. The molecule has 1 atom stereocenters. The summed E-state index contributed by atoms with van der Waals surface area (Å²) >= 11 is 1.70. The second kappa shape index (κ2) is 9.92. The summed E-state index contributed by atoms with van der Waals surface area (Å²) in [6.07, 6.45) is 4.31. The highest BCUT2D eigenvalue weighted by Crippen LogP contribution is 2.32. The van der Waals surface area contributed by atoms with E-state index >= 15 is 0 Å². The quantitative estimate of drug-likeness (QED) is 0.776. The lowest BCUT2D eigenvalue weighted by Crippen LogP contribution is -2.47. The number of aromatic nitrogens is 1. The molecule has 1 aromatic heterocycles. The van der Waals surface area contributed by atoms with E-state index in [1.807, 2.05) is 6.92 Å². The van der Waals surface area contributed by atoms with E-state index in [0.717, 1.165) is 43.2 Å². The fourth-order valence-corrected chi connectivity index (χ4v) is 3.84. The van der Waals surface area contributed by atoms with Crippen LogP contribution < -0.4 is 11.1 Å². The Morgan fingerprint density at radius 1 is 1.38 bits per heavy atom. The van der Waals surface area contributed by atoms with E-state index in [1.165, 1.54) is 12.8 Å². The van der Waals surface area contributed by atoms with E-state index in [-0.39, 0.29) is 42.7 Å². The summed E-state index contributed by atoms with van der Waals surface area (Å²) < 4.78 is 0. The van der Waals surface area contributed by atoms with Crippen molar-refractivity contribution in [1.82, 2.24) is 15.2 Å². The third-order valence-corrected chi connectivity index (χ3v) is 5.61. The van der Waals surface area contributed by atoms with Gasteiger partial charge in [-0.2, -0.15) is 0 Å². The van der Waals surface area contributed by atoms with Crippen LogP contribution in [-0.2, 0) is 11.3 Å². The monoisotopic (exact) mass is 394 g/mol. The SMILES string of the molecule is Cc1nc(CN2CCC(C(=O)NC(CN)C3CC3)CC2)cs1.Cl.Cl. The largest absolute Gasteiger partial charge is 0.352 e. The van der Waals surface area contributed by atoms with Crippen molar-refractivity contribution in [2.45, 2.75) is 45.2 Å². The second-order valence-corrected chi connectivity index (χ2v) is 7.66. The Morgan fingerprint density at radius 3 is 2.54 bits per heavy atom. The van der Waals surface area contributed by atoms with Gasteiger partial charge in [-0.25, -0.2) is 4.98 Å². The minimum Gasteiger partial charge on any atom is -0.352 e. The molecule has 2 aliphatic rings. The Bertz CT molecular complexity index is 516. The number of hydrogen-bond donors (Lipinski definition) is 2. The Kier molecular flexibility index (Phi) is 8.95. The van der Waals surface area contributed by atoms with Crippen molar-refractivity contribution in [2.24, 2.45) is 17.6 Å². The molecule has 0 spiro atoms. The van der Waals surface area contributed by atoms with Gasteiger partial charge in [-0.15, -0.1) is 36.2 Å². The number of hydrogen-bond acceptors (Lipinski definition) is 5. The molecule has 5 nitrogen and oxygen atoms in total. The molecule has 0 aromatic carbocycles. The van der Waals surface area contributed by atoms with Crippen LogP contribution in [0.4, 0.5) is 0 Å². The number of halogens is 2. The van der Waals surface area contributed by atoms with Gasteiger partial charge < -0.3 is 11.1 Å². The first-order chi connectivity index (χ1) is 10.7. The highest BCUT2D eigenvalue weighted by atomic mass is 35.5. The third kappa shape index (κ3) is 5.85. The van der Waals surface area contributed by atoms with Gasteiger partial charge in [-0.05, 0) is 51.6 Å². The summed E-state index contributed by atoms with van der Waals surface area (Å²) in [7, 11) is 0. The van der Waals surface area contributed by atoms with Crippen LogP contribution in [0.2, 0.25) is 0 Å². The molecule has 2 heterocycles. The summed E-state index contributed by atoms with van der Waals surface area (Å²) in [5, 5.41) is 6.43. The van der Waals surface area contributed by atoms with Gasteiger partial charge in [0.2, 0.25) is 5.91 Å². The number of carbonyl (C=O) groups is 1. The van der Waals surface area contributed by atoms with Crippen molar-refractivity contribution < 1.29 is 4.79 Å². The highest BCUT2D eigenvalue weighted by molar-refractivity contribution is 7.09. The van der Waals surface area contributed by atoms with Crippen molar-refractivity contribution in [3.8, 4) is 0 Å². The maximum Gasteiger partial charge on any atom is 0.223 e. The molecule has 0 radical (unpaired) electrons. The van der Waals surface area contributed by atoms with Crippen molar-refractivity contribution in [3.05, 3.63) is 16.1 Å². The second-order valence-electron chi connectivity index (χ2n) is 6.60. The van der Waals surface area contributed by atoms with Gasteiger partial charge in [0.1, 0.15) is 0 Å². The van der Waals surface area contributed by atoms with Crippen molar-refractivity contribution in [3.63, 3.8) is 0 Å². The number of rotatable bonds is 6. The van der Waals surface area contributed by atoms with Gasteiger partial charge in [-0.1, -0.05) is 0 Å². The molecule has 1 unspecified atom stereocenters. The number of likely N-dealkylation sites (tertiary alicyclic amines) is 1. The van der Waals surface area contributed by atoms with Gasteiger partial charge >= 0.3 is 0 Å². The number of aryl methyl sites for hydroxylation is 1. The maximum atomic E-state index is 12.4. The average molecular weight is 395 g/mol. The predicted molar refractivity (Wildman–Crippen MR) is 103 cm³/mol.